The number of nitrogens with two attached hydrogens (primary N) is 1. The molecule has 4 nitrogen and oxygen atoms in total. The summed E-state index contributed by atoms with van der Waals surface area (Å²) in [4.78, 5) is 6.57. The van der Waals surface area contributed by atoms with Gasteiger partial charge < -0.3 is 11.1 Å². The fourth-order valence-corrected chi connectivity index (χ4v) is 3.15. The predicted molar refractivity (Wildman–Crippen MR) is 94.2 cm³/mol. The van der Waals surface area contributed by atoms with E-state index in [2.05, 4.69) is 36.1 Å². The molecule has 0 bridgehead atoms. The smallest absolute Gasteiger partial charge is 0.188 e. The van der Waals surface area contributed by atoms with Gasteiger partial charge in [0.05, 0.1) is 5.02 Å². The Balaban J connectivity index is 2.03. The summed E-state index contributed by atoms with van der Waals surface area (Å²) < 4.78 is 13.8. The molecule has 1 saturated heterocycles. The fraction of sp³-hybridized carbons (Fsp3) is 0.588. The van der Waals surface area contributed by atoms with Crippen LogP contribution < -0.4 is 11.1 Å². The van der Waals surface area contributed by atoms with Crippen molar-refractivity contribution in [3.63, 3.8) is 0 Å². The lowest BCUT2D eigenvalue weighted by Gasteiger charge is -2.26. The normalized spacial score (nSPS) is 22.8. The van der Waals surface area contributed by atoms with Crippen molar-refractivity contribution in [1.82, 2.24) is 10.2 Å². The number of nitrogens with zero attached hydrogens (tertiary/aromatic N) is 2. The van der Waals surface area contributed by atoms with Crippen molar-refractivity contribution in [3.8, 4) is 0 Å². The molecule has 0 spiro atoms. The first-order valence-corrected chi connectivity index (χ1v) is 8.45. The molecule has 1 aliphatic heterocycles. The lowest BCUT2D eigenvalue weighted by atomic mass is 9.93. The van der Waals surface area contributed by atoms with Crippen molar-refractivity contribution in [2.45, 2.75) is 26.3 Å². The molecule has 1 fully saturated rings. The molecule has 2 rings (SSSR count). The monoisotopic (exact) mass is 340 g/mol. The van der Waals surface area contributed by atoms with Crippen LogP contribution in [-0.2, 0) is 0 Å². The first-order valence-electron chi connectivity index (χ1n) is 8.07. The standard InChI is InChI=1S/C17H26ClFN4/c1-11(2)9-21-17(20)22-10-13-6-7-23(3)16(13)12-4-5-14(18)15(19)8-12/h4-5,8,11,13,16H,6-7,9-10H2,1-3H3,(H3,20,21,22). The molecule has 0 radical (unpaired) electrons. The van der Waals surface area contributed by atoms with Crippen LogP contribution in [0.4, 0.5) is 4.39 Å². The van der Waals surface area contributed by atoms with Crippen molar-refractivity contribution < 1.29 is 4.39 Å². The molecule has 1 aromatic rings. The third-order valence-corrected chi connectivity index (χ3v) is 4.54. The molecule has 128 valence electrons. The second-order valence-corrected chi connectivity index (χ2v) is 7.06. The topological polar surface area (TPSA) is 53.6 Å². The Morgan fingerprint density at radius 3 is 2.91 bits per heavy atom. The van der Waals surface area contributed by atoms with E-state index in [1.807, 2.05) is 6.07 Å². The molecule has 2 unspecified atom stereocenters. The van der Waals surface area contributed by atoms with Gasteiger partial charge in [0.2, 0.25) is 0 Å². The molecule has 1 heterocycles. The average molecular weight is 341 g/mol. The predicted octanol–water partition coefficient (Wildman–Crippen LogP) is 3.03. The molecular weight excluding hydrogens is 315 g/mol. The summed E-state index contributed by atoms with van der Waals surface area (Å²) in [5.41, 5.74) is 6.87. The summed E-state index contributed by atoms with van der Waals surface area (Å²) >= 11 is 5.79. The van der Waals surface area contributed by atoms with E-state index in [1.165, 1.54) is 6.07 Å². The second-order valence-electron chi connectivity index (χ2n) is 6.65. The zero-order chi connectivity index (χ0) is 17.0. The minimum Gasteiger partial charge on any atom is -0.370 e. The van der Waals surface area contributed by atoms with Gasteiger partial charge in [-0.3, -0.25) is 9.89 Å². The van der Waals surface area contributed by atoms with Gasteiger partial charge >= 0.3 is 0 Å². The summed E-state index contributed by atoms with van der Waals surface area (Å²) in [6.45, 7) is 6.63. The molecule has 0 aliphatic carbocycles. The van der Waals surface area contributed by atoms with E-state index < -0.39 is 0 Å². The first kappa shape index (κ1) is 18.0. The lowest BCUT2D eigenvalue weighted by molar-refractivity contribution is 0.276. The van der Waals surface area contributed by atoms with Crippen LogP contribution in [0.5, 0.6) is 0 Å². The molecule has 6 heteroatoms. The number of halogens is 2. The number of hydrogen-bond donors (Lipinski definition) is 2. The van der Waals surface area contributed by atoms with Crippen LogP contribution >= 0.6 is 11.6 Å². The highest BCUT2D eigenvalue weighted by Gasteiger charge is 2.33. The SMILES string of the molecule is CC(C)CN=C(N)NCC1CCN(C)C1c1ccc(Cl)c(F)c1. The van der Waals surface area contributed by atoms with Gasteiger partial charge in [-0.2, -0.15) is 0 Å². The van der Waals surface area contributed by atoms with Crippen LogP contribution in [-0.4, -0.2) is 37.5 Å². The molecule has 0 aromatic heterocycles. The fourth-order valence-electron chi connectivity index (χ4n) is 3.04. The molecule has 0 amide bonds. The van der Waals surface area contributed by atoms with E-state index in [0.29, 0.717) is 17.8 Å². The largest absolute Gasteiger partial charge is 0.370 e. The average Bonchev–Trinajstić information content (AvgIpc) is 2.87. The third-order valence-electron chi connectivity index (χ3n) is 4.23. The summed E-state index contributed by atoms with van der Waals surface area (Å²) in [6, 6.07) is 5.23. The third kappa shape index (κ3) is 4.82. The number of hydrogen-bond acceptors (Lipinski definition) is 2. The summed E-state index contributed by atoms with van der Waals surface area (Å²) in [5.74, 6) is 0.953. The highest BCUT2D eigenvalue weighted by atomic mass is 35.5. The quantitative estimate of drug-likeness (QED) is 0.640. The van der Waals surface area contributed by atoms with Crippen LogP contribution in [0, 0.1) is 17.7 Å². The Kier molecular flexibility index (Phi) is 6.25. The zero-order valence-electron chi connectivity index (χ0n) is 14.0. The van der Waals surface area contributed by atoms with Crippen molar-refractivity contribution in [3.05, 3.63) is 34.6 Å². The molecule has 1 aliphatic rings. The van der Waals surface area contributed by atoms with E-state index in [9.17, 15) is 4.39 Å². The Morgan fingerprint density at radius 1 is 1.52 bits per heavy atom. The Morgan fingerprint density at radius 2 is 2.26 bits per heavy atom. The van der Waals surface area contributed by atoms with Crippen LogP contribution in [0.15, 0.2) is 23.2 Å². The van der Waals surface area contributed by atoms with E-state index in [4.69, 9.17) is 17.3 Å². The van der Waals surface area contributed by atoms with Gasteiger partial charge in [-0.05, 0) is 49.5 Å². The van der Waals surface area contributed by atoms with Crippen LogP contribution in [0.25, 0.3) is 0 Å². The minimum absolute atomic E-state index is 0.159. The minimum atomic E-state index is -0.366. The van der Waals surface area contributed by atoms with Gasteiger partial charge in [0.25, 0.3) is 0 Å². The summed E-state index contributed by atoms with van der Waals surface area (Å²) in [6.07, 6.45) is 1.04. The molecule has 0 saturated carbocycles. The van der Waals surface area contributed by atoms with Gasteiger partial charge in [0, 0.05) is 19.1 Å². The van der Waals surface area contributed by atoms with E-state index in [1.54, 1.807) is 6.07 Å². The van der Waals surface area contributed by atoms with E-state index in [0.717, 1.165) is 31.6 Å². The molecule has 23 heavy (non-hydrogen) atoms. The summed E-state index contributed by atoms with van der Waals surface area (Å²) in [7, 11) is 2.06. The lowest BCUT2D eigenvalue weighted by Crippen LogP contribution is -2.37. The Labute approximate surface area is 142 Å². The van der Waals surface area contributed by atoms with Crippen molar-refractivity contribution in [2.24, 2.45) is 22.6 Å². The molecular formula is C17H26ClFN4. The second kappa shape index (κ2) is 7.97. The van der Waals surface area contributed by atoms with E-state index >= 15 is 0 Å². The van der Waals surface area contributed by atoms with Crippen LogP contribution in [0.2, 0.25) is 5.02 Å². The summed E-state index contributed by atoms with van der Waals surface area (Å²) in [5, 5.41) is 3.37. The highest BCUT2D eigenvalue weighted by Crippen LogP contribution is 2.36. The van der Waals surface area contributed by atoms with Gasteiger partial charge in [-0.25, -0.2) is 4.39 Å². The maximum absolute atomic E-state index is 13.8. The molecule has 2 atom stereocenters. The zero-order valence-corrected chi connectivity index (χ0v) is 14.8. The molecule has 1 aromatic carbocycles. The number of nitrogens with one attached hydrogen (secondary N) is 1. The van der Waals surface area contributed by atoms with Gasteiger partial charge in [0.15, 0.2) is 5.96 Å². The Bertz CT molecular complexity index is 562. The van der Waals surface area contributed by atoms with Crippen LogP contribution in [0.3, 0.4) is 0 Å². The van der Waals surface area contributed by atoms with Crippen LogP contribution in [0.1, 0.15) is 31.9 Å². The van der Waals surface area contributed by atoms with Gasteiger partial charge in [-0.1, -0.05) is 31.5 Å². The van der Waals surface area contributed by atoms with Gasteiger partial charge in [0.1, 0.15) is 5.82 Å². The number of rotatable bonds is 5. The number of guanidine groups is 1. The first-order chi connectivity index (χ1) is 10.9. The van der Waals surface area contributed by atoms with Crippen molar-refractivity contribution in [2.75, 3.05) is 26.7 Å². The van der Waals surface area contributed by atoms with Gasteiger partial charge in [-0.15, -0.1) is 0 Å². The van der Waals surface area contributed by atoms with E-state index in [-0.39, 0.29) is 16.9 Å². The maximum Gasteiger partial charge on any atom is 0.188 e. The molecule has 3 N–H and O–H groups in total. The Hall–Kier alpha value is -1.33. The number of aliphatic imine (C=N–C) groups is 1. The van der Waals surface area contributed by atoms with Crippen molar-refractivity contribution >= 4 is 17.6 Å². The highest BCUT2D eigenvalue weighted by molar-refractivity contribution is 6.30. The maximum atomic E-state index is 13.8. The number of likely N-dealkylation sites (tertiary alicyclic amines) is 1. The van der Waals surface area contributed by atoms with Crippen molar-refractivity contribution in [1.29, 1.82) is 0 Å². The number of benzene rings is 1.